The van der Waals surface area contributed by atoms with E-state index >= 15 is 0 Å². The minimum atomic E-state index is -0.0832. The monoisotopic (exact) mass is 529 g/mol. The fourth-order valence-electron chi connectivity index (χ4n) is 3.77. The summed E-state index contributed by atoms with van der Waals surface area (Å²) in [4.78, 5) is 10.6. The average molecular weight is 529 g/mol. The number of fused-ring (bicyclic) bond motifs is 2. The van der Waals surface area contributed by atoms with Crippen molar-refractivity contribution in [3.63, 3.8) is 0 Å². The molecular weight excluding hydrogens is 509 g/mol. The van der Waals surface area contributed by atoms with E-state index in [-0.39, 0.29) is 34.0 Å². The molecule has 8 nitrogen and oxygen atoms in total. The minimum absolute atomic E-state index is 0. The molecule has 37 heavy (non-hydrogen) atoms. The van der Waals surface area contributed by atoms with Crippen LogP contribution in [0.4, 0.5) is 11.4 Å². The Morgan fingerprint density at radius 2 is 0.919 bits per heavy atom. The smallest absolute Gasteiger partial charge is 0.872 e. The molecule has 0 fully saturated rings. The number of benzene rings is 5. The largest absolute Gasteiger partial charge is 3.00 e. The normalized spacial score (nSPS) is 10.4. The molecule has 182 valence electrons. The van der Waals surface area contributed by atoms with Crippen LogP contribution in [-0.2, 0) is 17.1 Å². The number of hydrogen-bond donors (Lipinski definition) is 0. The van der Waals surface area contributed by atoms with E-state index in [1.54, 1.807) is 24.6 Å². The molecule has 0 heterocycles. The molecule has 0 saturated heterocycles. The van der Waals surface area contributed by atoms with Gasteiger partial charge in [-0.15, -0.1) is 0 Å². The molecule has 0 radical (unpaired) electrons. The Morgan fingerprint density at radius 3 is 1.32 bits per heavy atom. The number of rotatable bonds is 4. The van der Waals surface area contributed by atoms with Crippen molar-refractivity contribution in [2.45, 2.75) is 0 Å². The molecule has 0 amide bonds. The van der Waals surface area contributed by atoms with Crippen molar-refractivity contribution in [1.82, 2.24) is 0 Å². The van der Waals surface area contributed by atoms with Crippen LogP contribution in [0.3, 0.4) is 0 Å². The molecule has 2 N–H and O–H groups in total. The van der Waals surface area contributed by atoms with E-state index in [1.807, 2.05) is 84.9 Å². The average Bonchev–Trinajstić information content (AvgIpc) is 2.88. The van der Waals surface area contributed by atoms with Gasteiger partial charge in [-0.1, -0.05) is 96.4 Å². The first kappa shape index (κ1) is 28.6. The molecule has 0 aliphatic carbocycles. The van der Waals surface area contributed by atoms with Crippen molar-refractivity contribution >= 4 is 45.3 Å². The molecule has 5 rings (SSSR count). The molecule has 0 atom stereocenters. The standard InChI is InChI=1S/C28H20N2O2.Mn.N3.H2O/c31-27-15-13-19-7-1-3-9-21(19)23(27)17-29-25-11-5-6-12-26(25)30-18-24-22-10-4-2-8-20(22)14-16-28(24)32;;1-3-2;/h1-18,31-32H;;;1H2/q;+3;-1;/p-2. The van der Waals surface area contributed by atoms with Gasteiger partial charge in [0.15, 0.2) is 0 Å². The van der Waals surface area contributed by atoms with Gasteiger partial charge in [-0.25, -0.2) is 0 Å². The van der Waals surface area contributed by atoms with Gasteiger partial charge in [0, 0.05) is 12.4 Å². The van der Waals surface area contributed by atoms with E-state index in [2.05, 4.69) is 9.98 Å². The summed E-state index contributed by atoms with van der Waals surface area (Å²) in [5, 5.41) is 28.6. The van der Waals surface area contributed by atoms with Gasteiger partial charge in [-0.2, -0.15) is 0 Å². The first-order valence-electron chi connectivity index (χ1n) is 10.7. The fraction of sp³-hybridized carbons (Fsp3) is 0. The molecule has 0 saturated carbocycles. The van der Waals surface area contributed by atoms with Crippen LogP contribution in [0.1, 0.15) is 11.1 Å². The maximum Gasteiger partial charge on any atom is 3.00 e. The summed E-state index contributed by atoms with van der Waals surface area (Å²) in [6.07, 6.45) is 3.19. The third kappa shape index (κ3) is 6.52. The SMILES string of the molecule is O.[Mn+3].[N-]=[N+]=[N-].[O-]c1ccc2ccccc2c1C=Nc1ccccc1N=Cc1c([O-])ccc2ccccc12. The maximum absolute atomic E-state index is 12.5. The topological polar surface area (TPSA) is 161 Å². The summed E-state index contributed by atoms with van der Waals surface area (Å²) in [6, 6.07) is 29.6. The van der Waals surface area contributed by atoms with E-state index in [0.29, 0.717) is 22.5 Å². The zero-order valence-electron chi connectivity index (χ0n) is 19.3. The van der Waals surface area contributed by atoms with Crippen LogP contribution in [0.2, 0.25) is 0 Å². The third-order valence-corrected chi connectivity index (χ3v) is 5.41. The van der Waals surface area contributed by atoms with E-state index in [0.717, 1.165) is 21.5 Å². The molecule has 9 heteroatoms. The Bertz CT molecular complexity index is 1500. The first-order valence-corrected chi connectivity index (χ1v) is 10.7. The van der Waals surface area contributed by atoms with Gasteiger partial charge in [-0.05, 0) is 44.8 Å². The predicted octanol–water partition coefficient (Wildman–Crippen LogP) is 5.68. The maximum atomic E-state index is 12.5. The van der Waals surface area contributed by atoms with Gasteiger partial charge in [0.05, 0.1) is 11.4 Å². The quantitative estimate of drug-likeness (QED) is 0.0963. The second-order valence-corrected chi connectivity index (χ2v) is 7.49. The number of nitrogens with zero attached hydrogens (tertiary/aromatic N) is 5. The van der Waals surface area contributed by atoms with Gasteiger partial charge < -0.3 is 26.8 Å². The van der Waals surface area contributed by atoms with E-state index in [1.165, 1.54) is 4.91 Å². The van der Waals surface area contributed by atoms with Gasteiger partial charge in [0.1, 0.15) is 0 Å². The minimum Gasteiger partial charge on any atom is -0.872 e. The first-order chi connectivity index (χ1) is 17.1. The van der Waals surface area contributed by atoms with Crippen LogP contribution >= 0.6 is 0 Å². The van der Waals surface area contributed by atoms with Crippen molar-refractivity contribution < 1.29 is 32.8 Å². The molecule has 0 aliphatic rings. The number of aliphatic imine (C=N–C) groups is 2. The Hall–Kier alpha value is -4.65. The molecule has 5 aromatic rings. The Labute approximate surface area is 223 Å². The second kappa shape index (κ2) is 13.4. The molecule has 0 bridgehead atoms. The molecule has 0 aliphatic heterocycles. The number of para-hydroxylation sites is 2. The van der Waals surface area contributed by atoms with Gasteiger partial charge in [-0.3, -0.25) is 14.9 Å². The Morgan fingerprint density at radius 1 is 0.568 bits per heavy atom. The Balaban J connectivity index is 0.000000919. The van der Waals surface area contributed by atoms with Crippen LogP contribution < -0.4 is 10.2 Å². The summed E-state index contributed by atoms with van der Waals surface area (Å²) in [5.74, 6) is -0.166. The van der Waals surface area contributed by atoms with E-state index in [4.69, 9.17) is 11.1 Å². The molecule has 0 unspecified atom stereocenters. The van der Waals surface area contributed by atoms with Crippen molar-refractivity contribution in [1.29, 1.82) is 0 Å². The summed E-state index contributed by atoms with van der Waals surface area (Å²) >= 11 is 0. The molecule has 5 aromatic carbocycles. The van der Waals surface area contributed by atoms with Crippen molar-refractivity contribution in [3.05, 3.63) is 124 Å². The second-order valence-electron chi connectivity index (χ2n) is 7.49. The van der Waals surface area contributed by atoms with Crippen molar-refractivity contribution in [2.24, 2.45) is 9.98 Å². The summed E-state index contributed by atoms with van der Waals surface area (Å²) < 4.78 is 0. The molecule has 0 aromatic heterocycles. The van der Waals surface area contributed by atoms with Crippen molar-refractivity contribution in [2.75, 3.05) is 0 Å². The third-order valence-electron chi connectivity index (χ3n) is 5.41. The zero-order chi connectivity index (χ0) is 24.6. The Kier molecular flexibility index (Phi) is 10.4. The van der Waals surface area contributed by atoms with E-state index in [9.17, 15) is 10.2 Å². The van der Waals surface area contributed by atoms with Crippen LogP contribution in [0.5, 0.6) is 11.5 Å². The zero-order valence-corrected chi connectivity index (χ0v) is 20.5. The summed E-state index contributed by atoms with van der Waals surface area (Å²) in [6.45, 7) is 0. The van der Waals surface area contributed by atoms with E-state index < -0.39 is 0 Å². The van der Waals surface area contributed by atoms with Crippen LogP contribution in [0.25, 0.3) is 37.5 Å². The molecular formula is C28H20MnN5O3. The van der Waals surface area contributed by atoms with Gasteiger partial charge in [0.25, 0.3) is 0 Å². The summed E-state index contributed by atoms with van der Waals surface area (Å²) in [5.41, 5.74) is 15.8. The molecule has 0 spiro atoms. The van der Waals surface area contributed by atoms with Crippen LogP contribution in [-0.4, -0.2) is 17.9 Å². The fourth-order valence-corrected chi connectivity index (χ4v) is 3.77. The summed E-state index contributed by atoms with van der Waals surface area (Å²) in [7, 11) is 0. The number of hydrogen-bond acceptors (Lipinski definition) is 4. The van der Waals surface area contributed by atoms with Gasteiger partial charge in [0.2, 0.25) is 0 Å². The van der Waals surface area contributed by atoms with Crippen molar-refractivity contribution in [3.8, 4) is 11.5 Å². The van der Waals surface area contributed by atoms with Crippen LogP contribution in [0.15, 0.2) is 107 Å². The van der Waals surface area contributed by atoms with Crippen LogP contribution in [0, 0.1) is 0 Å². The predicted molar refractivity (Wildman–Crippen MR) is 141 cm³/mol. The van der Waals surface area contributed by atoms with Gasteiger partial charge >= 0.3 is 17.1 Å².